The summed E-state index contributed by atoms with van der Waals surface area (Å²) in [6, 6.07) is 17.3. The molecule has 0 saturated carbocycles. The number of rotatable bonds is 5. The fourth-order valence-electron chi connectivity index (χ4n) is 2.90. The molecule has 31 heavy (non-hydrogen) atoms. The van der Waals surface area contributed by atoms with Crippen molar-refractivity contribution in [1.82, 2.24) is 4.90 Å². The molecule has 3 amide bonds. The van der Waals surface area contributed by atoms with Crippen LogP contribution in [-0.4, -0.2) is 28.5 Å². The van der Waals surface area contributed by atoms with Gasteiger partial charge in [-0.3, -0.25) is 19.3 Å². The lowest BCUT2D eigenvalue weighted by Crippen LogP contribution is -2.36. The van der Waals surface area contributed by atoms with Crippen molar-refractivity contribution >= 4 is 63.8 Å². The zero-order chi connectivity index (χ0) is 22.0. The Labute approximate surface area is 191 Å². The number of amides is 3. The molecule has 0 unspecified atom stereocenters. The average Bonchev–Trinajstić information content (AvgIpc) is 3.31. The van der Waals surface area contributed by atoms with Crippen LogP contribution in [0, 0.1) is 0 Å². The van der Waals surface area contributed by atoms with Crippen LogP contribution < -0.4 is 5.32 Å². The van der Waals surface area contributed by atoms with Gasteiger partial charge in [0.15, 0.2) is 0 Å². The minimum absolute atomic E-state index is 0.163. The second kappa shape index (κ2) is 9.01. The summed E-state index contributed by atoms with van der Waals surface area (Å²) in [5.41, 5.74) is 1.19. The van der Waals surface area contributed by atoms with Crippen molar-refractivity contribution in [1.29, 1.82) is 0 Å². The van der Waals surface area contributed by atoms with Crippen LogP contribution in [0.5, 0.6) is 0 Å². The predicted octanol–water partition coefficient (Wildman–Crippen LogP) is 5.93. The molecular weight excluding hydrogens is 459 g/mol. The highest BCUT2D eigenvalue weighted by Gasteiger charge is 2.36. The van der Waals surface area contributed by atoms with E-state index < -0.39 is 17.1 Å². The molecule has 1 aliphatic rings. The second-order valence-corrected chi connectivity index (χ2v) is 8.26. The molecule has 1 aliphatic heterocycles. The number of anilines is 1. The van der Waals surface area contributed by atoms with Crippen molar-refractivity contribution in [3.8, 4) is 11.3 Å². The van der Waals surface area contributed by atoms with Gasteiger partial charge in [-0.05, 0) is 48.2 Å². The predicted molar refractivity (Wildman–Crippen MR) is 122 cm³/mol. The Morgan fingerprint density at radius 2 is 1.81 bits per heavy atom. The Hall–Kier alpha value is -3.00. The normalized spacial score (nSPS) is 15.0. The number of para-hydroxylation sites is 1. The second-order valence-electron chi connectivity index (χ2n) is 6.49. The molecule has 1 saturated heterocycles. The molecule has 4 rings (SSSR count). The van der Waals surface area contributed by atoms with E-state index in [-0.39, 0.29) is 11.4 Å². The van der Waals surface area contributed by atoms with Gasteiger partial charge >= 0.3 is 0 Å². The monoisotopic (exact) mass is 472 g/mol. The van der Waals surface area contributed by atoms with E-state index in [0.717, 1.165) is 16.7 Å². The highest BCUT2D eigenvalue weighted by atomic mass is 35.5. The number of nitrogens with one attached hydrogen (secondary N) is 1. The number of benzene rings is 2. The number of thioether (sulfide) groups is 1. The minimum Gasteiger partial charge on any atom is -0.457 e. The highest BCUT2D eigenvalue weighted by Crippen LogP contribution is 2.36. The third kappa shape index (κ3) is 4.69. The van der Waals surface area contributed by atoms with Crippen LogP contribution in [0.3, 0.4) is 0 Å². The molecule has 0 spiro atoms. The van der Waals surface area contributed by atoms with Crippen LogP contribution in [-0.2, 0) is 9.59 Å². The summed E-state index contributed by atoms with van der Waals surface area (Å²) < 4.78 is 5.75. The van der Waals surface area contributed by atoms with Crippen LogP contribution in [0.15, 0.2) is 70.0 Å². The average molecular weight is 473 g/mol. The number of furan rings is 1. The van der Waals surface area contributed by atoms with E-state index in [9.17, 15) is 14.4 Å². The van der Waals surface area contributed by atoms with E-state index in [1.165, 1.54) is 6.08 Å². The Kier molecular flexibility index (Phi) is 6.18. The maximum atomic E-state index is 12.6. The molecule has 0 radical (unpaired) electrons. The quantitative estimate of drug-likeness (QED) is 0.465. The molecular formula is C22H14Cl2N2O4S. The molecule has 156 valence electrons. The Balaban J connectivity index is 1.48. The number of halogens is 2. The number of hydrogen-bond acceptors (Lipinski definition) is 5. The molecule has 9 heteroatoms. The molecule has 1 fully saturated rings. The lowest BCUT2D eigenvalue weighted by Gasteiger charge is -2.12. The van der Waals surface area contributed by atoms with Crippen LogP contribution >= 0.6 is 35.0 Å². The molecule has 0 bridgehead atoms. The molecule has 2 heterocycles. The number of hydrogen-bond donors (Lipinski definition) is 1. The molecule has 6 nitrogen and oxygen atoms in total. The maximum absolute atomic E-state index is 12.6. The van der Waals surface area contributed by atoms with Crippen LogP contribution in [0.2, 0.25) is 10.0 Å². The summed E-state index contributed by atoms with van der Waals surface area (Å²) in [6.07, 6.45) is 1.46. The van der Waals surface area contributed by atoms with E-state index in [2.05, 4.69) is 5.32 Å². The van der Waals surface area contributed by atoms with Crippen molar-refractivity contribution in [2.45, 2.75) is 0 Å². The molecule has 1 N–H and O–H groups in total. The van der Waals surface area contributed by atoms with Crippen molar-refractivity contribution in [3.05, 3.63) is 81.4 Å². The van der Waals surface area contributed by atoms with E-state index in [0.29, 0.717) is 32.8 Å². The summed E-state index contributed by atoms with van der Waals surface area (Å²) in [6.45, 7) is -0.377. The SMILES string of the molecule is O=C(CN1C(=O)S/C(=C\c2ccc(-c3cccc(Cl)c3Cl)o2)C1=O)Nc1ccccc1. The summed E-state index contributed by atoms with van der Waals surface area (Å²) in [5.74, 6) is -0.187. The first kappa shape index (κ1) is 21.2. The molecule has 0 aliphatic carbocycles. The van der Waals surface area contributed by atoms with Crippen molar-refractivity contribution in [2.75, 3.05) is 11.9 Å². The third-order valence-corrected chi connectivity index (χ3v) is 6.08. The smallest absolute Gasteiger partial charge is 0.294 e. The van der Waals surface area contributed by atoms with Crippen molar-refractivity contribution < 1.29 is 18.8 Å². The number of carbonyl (C=O) groups excluding carboxylic acids is 3. The van der Waals surface area contributed by atoms with E-state index in [1.54, 1.807) is 54.6 Å². The number of carbonyl (C=O) groups is 3. The van der Waals surface area contributed by atoms with Crippen LogP contribution in [0.1, 0.15) is 5.76 Å². The van der Waals surface area contributed by atoms with Gasteiger partial charge in [-0.1, -0.05) is 47.5 Å². The molecule has 2 aromatic carbocycles. The summed E-state index contributed by atoms with van der Waals surface area (Å²) in [5, 5.41) is 2.88. The third-order valence-electron chi connectivity index (χ3n) is 4.35. The molecule has 3 aromatic rings. The zero-order valence-electron chi connectivity index (χ0n) is 15.8. The zero-order valence-corrected chi connectivity index (χ0v) is 18.1. The highest BCUT2D eigenvalue weighted by molar-refractivity contribution is 8.18. The van der Waals surface area contributed by atoms with Gasteiger partial charge in [-0.2, -0.15) is 0 Å². The van der Waals surface area contributed by atoms with Crippen LogP contribution in [0.4, 0.5) is 10.5 Å². The summed E-state index contributed by atoms with van der Waals surface area (Å²) in [4.78, 5) is 38.2. The van der Waals surface area contributed by atoms with Crippen molar-refractivity contribution in [2.24, 2.45) is 0 Å². The van der Waals surface area contributed by atoms with Gasteiger partial charge in [-0.25, -0.2) is 0 Å². The standard InChI is InChI=1S/C22H14Cl2N2O4S/c23-16-8-4-7-15(20(16)24)17-10-9-14(30-17)11-18-21(28)26(22(29)31-18)12-19(27)25-13-5-2-1-3-6-13/h1-11H,12H2,(H,25,27)/b18-11-. The van der Waals surface area contributed by atoms with E-state index >= 15 is 0 Å². The topological polar surface area (TPSA) is 79.6 Å². The van der Waals surface area contributed by atoms with Gasteiger partial charge < -0.3 is 9.73 Å². The maximum Gasteiger partial charge on any atom is 0.294 e. The lowest BCUT2D eigenvalue weighted by atomic mass is 10.2. The lowest BCUT2D eigenvalue weighted by molar-refractivity contribution is -0.127. The van der Waals surface area contributed by atoms with Crippen LogP contribution in [0.25, 0.3) is 17.4 Å². The summed E-state index contributed by atoms with van der Waals surface area (Å²) in [7, 11) is 0. The van der Waals surface area contributed by atoms with Gasteiger partial charge in [0.25, 0.3) is 11.1 Å². The first-order valence-corrected chi connectivity index (χ1v) is 10.6. The first-order valence-electron chi connectivity index (χ1n) is 9.07. The number of nitrogens with zero attached hydrogens (tertiary/aromatic N) is 1. The van der Waals surface area contributed by atoms with E-state index in [4.69, 9.17) is 27.6 Å². The van der Waals surface area contributed by atoms with Gasteiger partial charge in [0, 0.05) is 17.3 Å². The van der Waals surface area contributed by atoms with E-state index in [1.807, 2.05) is 6.07 Å². The Morgan fingerprint density at radius 1 is 1.03 bits per heavy atom. The fraction of sp³-hybridized carbons (Fsp3) is 0.0455. The Morgan fingerprint density at radius 3 is 2.58 bits per heavy atom. The van der Waals surface area contributed by atoms with Gasteiger partial charge in [0.2, 0.25) is 5.91 Å². The first-order chi connectivity index (χ1) is 14.9. The fourth-order valence-corrected chi connectivity index (χ4v) is 4.11. The van der Waals surface area contributed by atoms with Gasteiger partial charge in [0.1, 0.15) is 18.1 Å². The van der Waals surface area contributed by atoms with Crippen molar-refractivity contribution in [3.63, 3.8) is 0 Å². The summed E-state index contributed by atoms with van der Waals surface area (Å²) >= 11 is 13.0. The molecule has 0 atom stereocenters. The largest absolute Gasteiger partial charge is 0.457 e. The van der Waals surface area contributed by atoms with Gasteiger partial charge in [0.05, 0.1) is 15.0 Å². The molecule has 1 aromatic heterocycles. The Bertz CT molecular complexity index is 1210. The van der Waals surface area contributed by atoms with Gasteiger partial charge in [-0.15, -0.1) is 0 Å². The minimum atomic E-state index is -0.558. The number of imide groups is 1.